The summed E-state index contributed by atoms with van der Waals surface area (Å²) >= 11 is 1.57. The number of aromatic nitrogens is 2. The summed E-state index contributed by atoms with van der Waals surface area (Å²) in [5.41, 5.74) is 1.12. The Morgan fingerprint density at radius 2 is 2.00 bits per heavy atom. The maximum absolute atomic E-state index is 12.6. The van der Waals surface area contributed by atoms with Crippen LogP contribution in [0.5, 0.6) is 0 Å². The third kappa shape index (κ3) is 3.90. The first-order valence-corrected chi connectivity index (χ1v) is 11.5. The van der Waals surface area contributed by atoms with Crippen molar-refractivity contribution < 1.29 is 13.2 Å². The van der Waals surface area contributed by atoms with Crippen molar-refractivity contribution in [2.45, 2.75) is 43.4 Å². The summed E-state index contributed by atoms with van der Waals surface area (Å²) in [5.74, 6) is -0.245. The molecule has 1 saturated heterocycles. The van der Waals surface area contributed by atoms with Gasteiger partial charge in [-0.15, -0.1) is 11.3 Å². The van der Waals surface area contributed by atoms with Crippen LogP contribution in [0, 0.1) is 5.92 Å². The van der Waals surface area contributed by atoms with Crippen LogP contribution >= 0.6 is 11.3 Å². The normalized spacial score (nSPS) is 18.8. The van der Waals surface area contributed by atoms with Gasteiger partial charge in [0.2, 0.25) is 15.9 Å². The number of thiazole rings is 1. The van der Waals surface area contributed by atoms with Crippen LogP contribution in [0.3, 0.4) is 0 Å². The fourth-order valence-electron chi connectivity index (χ4n) is 3.62. The Morgan fingerprint density at radius 1 is 1.22 bits per heavy atom. The molecule has 1 fully saturated rings. The van der Waals surface area contributed by atoms with Gasteiger partial charge >= 0.3 is 0 Å². The van der Waals surface area contributed by atoms with Crippen LogP contribution in [0.15, 0.2) is 29.4 Å². The molecular formula is C18H22N4O3S2. The van der Waals surface area contributed by atoms with Gasteiger partial charge in [-0.25, -0.2) is 13.4 Å². The highest BCUT2D eigenvalue weighted by molar-refractivity contribution is 7.89. The molecule has 0 atom stereocenters. The minimum absolute atomic E-state index is 0.0560. The minimum Gasteiger partial charge on any atom is -0.302 e. The average Bonchev–Trinajstić information content (AvgIpc) is 3.11. The fourth-order valence-corrected chi connectivity index (χ4v) is 6.11. The van der Waals surface area contributed by atoms with Gasteiger partial charge < -0.3 is 5.32 Å². The number of pyridine rings is 1. The molecule has 0 saturated carbocycles. The van der Waals surface area contributed by atoms with E-state index < -0.39 is 10.0 Å². The van der Waals surface area contributed by atoms with Crippen LogP contribution in [0.2, 0.25) is 0 Å². The molecule has 27 heavy (non-hydrogen) atoms. The second kappa shape index (κ2) is 7.65. The third-order valence-electron chi connectivity index (χ3n) is 5.17. The van der Waals surface area contributed by atoms with Crippen LogP contribution in [0.1, 0.15) is 36.3 Å². The lowest BCUT2D eigenvalue weighted by Crippen LogP contribution is -2.41. The van der Waals surface area contributed by atoms with Crippen molar-refractivity contribution in [3.8, 4) is 0 Å². The fraction of sp³-hybridized carbons (Fsp3) is 0.500. The molecule has 0 aromatic carbocycles. The van der Waals surface area contributed by atoms with Gasteiger partial charge in [0.05, 0.1) is 5.69 Å². The second-order valence-corrected chi connectivity index (χ2v) is 9.97. The Kier molecular flexibility index (Phi) is 5.25. The number of sulfonamides is 1. The van der Waals surface area contributed by atoms with Crippen LogP contribution in [-0.2, 0) is 27.7 Å². The smallest absolute Gasteiger partial charge is 0.244 e. The highest BCUT2D eigenvalue weighted by Gasteiger charge is 2.32. The van der Waals surface area contributed by atoms with E-state index in [1.165, 1.54) is 21.8 Å². The van der Waals surface area contributed by atoms with Crippen LogP contribution < -0.4 is 5.32 Å². The summed E-state index contributed by atoms with van der Waals surface area (Å²) in [5, 5.41) is 3.62. The van der Waals surface area contributed by atoms with Gasteiger partial charge in [0, 0.05) is 36.3 Å². The van der Waals surface area contributed by atoms with E-state index in [1.54, 1.807) is 29.7 Å². The minimum atomic E-state index is -3.54. The molecule has 2 aromatic rings. The lowest BCUT2D eigenvalue weighted by molar-refractivity contribution is -0.120. The predicted octanol–water partition coefficient (Wildman–Crippen LogP) is 2.46. The third-order valence-corrected chi connectivity index (χ3v) is 8.13. The van der Waals surface area contributed by atoms with E-state index in [0.29, 0.717) is 31.1 Å². The molecule has 3 heterocycles. The lowest BCUT2D eigenvalue weighted by atomic mass is 9.97. The van der Waals surface area contributed by atoms with Gasteiger partial charge in [-0.1, -0.05) is 0 Å². The van der Waals surface area contributed by atoms with Crippen molar-refractivity contribution in [2.24, 2.45) is 5.92 Å². The maximum Gasteiger partial charge on any atom is 0.244 e. The molecule has 9 heteroatoms. The molecule has 0 unspecified atom stereocenters. The van der Waals surface area contributed by atoms with Crippen molar-refractivity contribution in [2.75, 3.05) is 18.4 Å². The van der Waals surface area contributed by atoms with E-state index in [1.807, 2.05) is 0 Å². The van der Waals surface area contributed by atoms with Crippen molar-refractivity contribution in [1.82, 2.24) is 14.3 Å². The Bertz CT molecular complexity index is 896. The summed E-state index contributed by atoms with van der Waals surface area (Å²) in [6, 6.07) is 3.16. The molecule has 1 aliphatic heterocycles. The summed E-state index contributed by atoms with van der Waals surface area (Å²) in [4.78, 5) is 22.5. The Labute approximate surface area is 162 Å². The number of rotatable bonds is 4. The lowest BCUT2D eigenvalue weighted by Gasteiger charge is -2.30. The van der Waals surface area contributed by atoms with Gasteiger partial charge in [0.1, 0.15) is 4.90 Å². The number of anilines is 1. The Balaban J connectivity index is 1.36. The molecule has 1 amide bonds. The Morgan fingerprint density at radius 3 is 2.70 bits per heavy atom. The van der Waals surface area contributed by atoms with Crippen molar-refractivity contribution in [3.05, 3.63) is 35.1 Å². The first-order chi connectivity index (χ1) is 13.0. The van der Waals surface area contributed by atoms with Gasteiger partial charge in [-0.2, -0.15) is 4.31 Å². The average molecular weight is 407 g/mol. The molecule has 1 N–H and O–H groups in total. The molecule has 4 rings (SSSR count). The predicted molar refractivity (Wildman–Crippen MR) is 103 cm³/mol. The number of hydrogen-bond donors (Lipinski definition) is 1. The molecule has 0 spiro atoms. The van der Waals surface area contributed by atoms with Crippen molar-refractivity contribution >= 4 is 32.4 Å². The number of amides is 1. The summed E-state index contributed by atoms with van der Waals surface area (Å²) in [7, 11) is -3.54. The van der Waals surface area contributed by atoms with Gasteiger partial charge in [0.25, 0.3) is 0 Å². The number of carbonyl (C=O) groups excluding carboxylic acids is 1. The summed E-state index contributed by atoms with van der Waals surface area (Å²) in [6.07, 6.45) is 8.32. The molecule has 144 valence electrons. The van der Waals surface area contributed by atoms with E-state index in [4.69, 9.17) is 0 Å². The molecule has 2 aromatic heterocycles. The number of carbonyl (C=O) groups is 1. The zero-order chi connectivity index (χ0) is 18.9. The van der Waals surface area contributed by atoms with Gasteiger partial charge in [0.15, 0.2) is 5.13 Å². The molecule has 7 nitrogen and oxygen atoms in total. The molecular weight excluding hydrogens is 384 g/mol. The van der Waals surface area contributed by atoms with Gasteiger partial charge in [-0.3, -0.25) is 9.78 Å². The highest BCUT2D eigenvalue weighted by Crippen LogP contribution is 2.30. The zero-order valence-corrected chi connectivity index (χ0v) is 16.6. The zero-order valence-electron chi connectivity index (χ0n) is 14.9. The number of fused-ring (bicyclic) bond motifs is 1. The van der Waals surface area contributed by atoms with Crippen LogP contribution in [0.4, 0.5) is 5.13 Å². The van der Waals surface area contributed by atoms with E-state index in [-0.39, 0.29) is 16.7 Å². The van der Waals surface area contributed by atoms with Gasteiger partial charge in [-0.05, 0) is 50.7 Å². The Hall–Kier alpha value is -1.84. The number of nitrogens with one attached hydrogen (secondary N) is 1. The van der Waals surface area contributed by atoms with E-state index >= 15 is 0 Å². The largest absolute Gasteiger partial charge is 0.302 e. The second-order valence-electron chi connectivity index (χ2n) is 6.95. The first-order valence-electron chi connectivity index (χ1n) is 9.23. The van der Waals surface area contributed by atoms with Crippen LogP contribution in [0.25, 0.3) is 0 Å². The maximum atomic E-state index is 12.6. The standard InChI is InChI=1S/C18H22N4O3S2/c23-17(21-18-20-15-5-1-2-6-16(15)26-18)13-7-10-22(11-8-13)27(24,25)14-4-3-9-19-12-14/h3-4,9,12-13H,1-2,5-8,10-11H2,(H,20,21,23). The van der Waals surface area contributed by atoms with E-state index in [9.17, 15) is 13.2 Å². The monoisotopic (exact) mass is 406 g/mol. The number of nitrogens with zero attached hydrogens (tertiary/aromatic N) is 3. The molecule has 0 radical (unpaired) electrons. The molecule has 2 aliphatic rings. The summed E-state index contributed by atoms with van der Waals surface area (Å²) in [6.45, 7) is 0.674. The molecule has 0 bridgehead atoms. The van der Waals surface area contributed by atoms with E-state index in [0.717, 1.165) is 25.0 Å². The number of hydrogen-bond acceptors (Lipinski definition) is 6. The quantitative estimate of drug-likeness (QED) is 0.842. The topological polar surface area (TPSA) is 92.3 Å². The van der Waals surface area contributed by atoms with Crippen LogP contribution in [-0.4, -0.2) is 41.7 Å². The molecule has 1 aliphatic carbocycles. The van der Waals surface area contributed by atoms with Crippen molar-refractivity contribution in [3.63, 3.8) is 0 Å². The number of piperidine rings is 1. The highest BCUT2D eigenvalue weighted by atomic mass is 32.2. The number of aryl methyl sites for hydroxylation is 2. The summed E-state index contributed by atoms with van der Waals surface area (Å²) < 4.78 is 26.7. The van der Waals surface area contributed by atoms with Crippen molar-refractivity contribution in [1.29, 1.82) is 0 Å². The van der Waals surface area contributed by atoms with E-state index in [2.05, 4.69) is 15.3 Å². The first kappa shape index (κ1) is 18.5. The SMILES string of the molecule is O=C(Nc1nc2c(s1)CCCC2)C1CCN(S(=O)(=O)c2cccnc2)CC1.